The highest BCUT2D eigenvalue weighted by Crippen LogP contribution is 2.29. The van der Waals surface area contributed by atoms with Gasteiger partial charge in [0.2, 0.25) is 0 Å². The SMILES string of the molecule is Cc1cccc2c1[nH]c1cc(C(C)C)ccc12. The predicted octanol–water partition coefficient (Wildman–Crippen LogP) is 4.75. The number of aromatic amines is 1. The molecule has 0 saturated carbocycles. The molecule has 0 aliphatic carbocycles. The van der Waals surface area contributed by atoms with Crippen LogP contribution in [0.4, 0.5) is 0 Å². The van der Waals surface area contributed by atoms with Gasteiger partial charge in [-0.05, 0) is 30.0 Å². The zero-order chi connectivity index (χ0) is 12.0. The van der Waals surface area contributed by atoms with Crippen molar-refractivity contribution in [2.75, 3.05) is 0 Å². The second-order valence-electron chi connectivity index (χ2n) is 5.08. The van der Waals surface area contributed by atoms with Crippen LogP contribution in [0, 0.1) is 6.92 Å². The molecule has 1 nitrogen and oxygen atoms in total. The Hall–Kier alpha value is -1.76. The molecular formula is C16H17N. The monoisotopic (exact) mass is 223 g/mol. The van der Waals surface area contributed by atoms with Gasteiger partial charge < -0.3 is 4.98 Å². The molecule has 0 unspecified atom stereocenters. The van der Waals surface area contributed by atoms with Crippen molar-refractivity contribution in [2.45, 2.75) is 26.7 Å². The molecule has 1 heteroatoms. The molecule has 0 aliphatic heterocycles. The molecule has 2 aromatic carbocycles. The van der Waals surface area contributed by atoms with E-state index in [1.807, 2.05) is 0 Å². The number of nitrogens with one attached hydrogen (secondary N) is 1. The van der Waals surface area contributed by atoms with E-state index in [9.17, 15) is 0 Å². The lowest BCUT2D eigenvalue weighted by Gasteiger charge is -2.04. The van der Waals surface area contributed by atoms with Crippen LogP contribution in [0.25, 0.3) is 21.8 Å². The van der Waals surface area contributed by atoms with Crippen LogP contribution >= 0.6 is 0 Å². The van der Waals surface area contributed by atoms with E-state index in [0.29, 0.717) is 5.92 Å². The largest absolute Gasteiger partial charge is 0.354 e. The standard InChI is InChI=1S/C16H17N/c1-10(2)12-7-8-13-14-6-4-5-11(3)16(14)17-15(13)9-12/h4-10,17H,1-3H3. The summed E-state index contributed by atoms with van der Waals surface area (Å²) in [6, 6.07) is 13.2. The zero-order valence-corrected chi connectivity index (χ0v) is 10.5. The number of fused-ring (bicyclic) bond motifs is 3. The number of hydrogen-bond donors (Lipinski definition) is 1. The Bertz CT molecular complexity index is 689. The third-order valence-corrected chi connectivity index (χ3v) is 3.53. The number of H-pyrrole nitrogens is 1. The van der Waals surface area contributed by atoms with Crippen molar-refractivity contribution in [1.29, 1.82) is 0 Å². The van der Waals surface area contributed by atoms with Crippen LogP contribution in [0.15, 0.2) is 36.4 Å². The maximum absolute atomic E-state index is 3.54. The van der Waals surface area contributed by atoms with Gasteiger partial charge in [0, 0.05) is 21.8 Å². The minimum Gasteiger partial charge on any atom is -0.354 e. The lowest BCUT2D eigenvalue weighted by atomic mass is 10.0. The van der Waals surface area contributed by atoms with Gasteiger partial charge in [-0.3, -0.25) is 0 Å². The summed E-state index contributed by atoms with van der Waals surface area (Å²) >= 11 is 0. The Morgan fingerprint density at radius 1 is 1.00 bits per heavy atom. The molecule has 86 valence electrons. The average molecular weight is 223 g/mol. The van der Waals surface area contributed by atoms with E-state index in [-0.39, 0.29) is 0 Å². The van der Waals surface area contributed by atoms with Crippen molar-refractivity contribution in [1.82, 2.24) is 4.98 Å². The Kier molecular flexibility index (Phi) is 2.22. The van der Waals surface area contributed by atoms with Crippen molar-refractivity contribution in [3.05, 3.63) is 47.5 Å². The van der Waals surface area contributed by atoms with Crippen LogP contribution in [0.3, 0.4) is 0 Å². The molecule has 0 amide bonds. The summed E-state index contributed by atoms with van der Waals surface area (Å²) in [5, 5.41) is 2.66. The summed E-state index contributed by atoms with van der Waals surface area (Å²) < 4.78 is 0. The first-order chi connectivity index (χ1) is 8.16. The van der Waals surface area contributed by atoms with E-state index in [1.54, 1.807) is 0 Å². The van der Waals surface area contributed by atoms with Crippen molar-refractivity contribution < 1.29 is 0 Å². The summed E-state index contributed by atoms with van der Waals surface area (Å²) in [5.41, 5.74) is 5.22. The maximum Gasteiger partial charge on any atom is 0.0494 e. The second-order valence-corrected chi connectivity index (χ2v) is 5.08. The quantitative estimate of drug-likeness (QED) is 0.612. The molecule has 3 aromatic rings. The minimum atomic E-state index is 0.576. The van der Waals surface area contributed by atoms with E-state index in [4.69, 9.17) is 0 Å². The zero-order valence-electron chi connectivity index (χ0n) is 10.5. The first-order valence-corrected chi connectivity index (χ1v) is 6.18. The van der Waals surface area contributed by atoms with Crippen molar-refractivity contribution in [2.24, 2.45) is 0 Å². The van der Waals surface area contributed by atoms with E-state index >= 15 is 0 Å². The predicted molar refractivity (Wildman–Crippen MR) is 74.6 cm³/mol. The third kappa shape index (κ3) is 1.54. The topological polar surface area (TPSA) is 15.8 Å². The van der Waals surface area contributed by atoms with Crippen LogP contribution in [-0.2, 0) is 0 Å². The number of aromatic nitrogens is 1. The maximum atomic E-state index is 3.54. The Labute approximate surface area is 101 Å². The van der Waals surface area contributed by atoms with E-state index in [2.05, 4.69) is 62.2 Å². The molecule has 0 fully saturated rings. The van der Waals surface area contributed by atoms with Gasteiger partial charge in [-0.25, -0.2) is 0 Å². The van der Waals surface area contributed by atoms with E-state index in [0.717, 1.165) is 0 Å². The van der Waals surface area contributed by atoms with Gasteiger partial charge in [0.25, 0.3) is 0 Å². The molecule has 1 N–H and O–H groups in total. The number of hydrogen-bond acceptors (Lipinski definition) is 0. The van der Waals surface area contributed by atoms with Gasteiger partial charge in [0.1, 0.15) is 0 Å². The summed E-state index contributed by atoms with van der Waals surface area (Å²) in [4.78, 5) is 3.54. The molecular weight excluding hydrogens is 206 g/mol. The van der Waals surface area contributed by atoms with Crippen LogP contribution in [0.2, 0.25) is 0 Å². The van der Waals surface area contributed by atoms with Crippen LogP contribution in [-0.4, -0.2) is 4.98 Å². The fraction of sp³-hybridized carbons (Fsp3) is 0.250. The van der Waals surface area contributed by atoms with Crippen molar-refractivity contribution in [3.8, 4) is 0 Å². The van der Waals surface area contributed by atoms with E-state index < -0.39 is 0 Å². The first-order valence-electron chi connectivity index (χ1n) is 6.18. The molecule has 17 heavy (non-hydrogen) atoms. The van der Waals surface area contributed by atoms with Crippen LogP contribution in [0.5, 0.6) is 0 Å². The van der Waals surface area contributed by atoms with Gasteiger partial charge in [-0.2, -0.15) is 0 Å². The molecule has 0 atom stereocenters. The molecule has 0 radical (unpaired) electrons. The Balaban J connectivity index is 2.39. The van der Waals surface area contributed by atoms with Gasteiger partial charge >= 0.3 is 0 Å². The highest BCUT2D eigenvalue weighted by molar-refractivity contribution is 6.08. The highest BCUT2D eigenvalue weighted by atomic mass is 14.7. The smallest absolute Gasteiger partial charge is 0.0494 e. The molecule has 3 rings (SSSR count). The fourth-order valence-corrected chi connectivity index (χ4v) is 2.45. The number of rotatable bonds is 1. The molecule has 1 aromatic heterocycles. The number of benzene rings is 2. The summed E-state index contributed by atoms with van der Waals surface area (Å²) in [5.74, 6) is 0.576. The average Bonchev–Trinajstić information content (AvgIpc) is 2.68. The lowest BCUT2D eigenvalue weighted by molar-refractivity contribution is 0.868. The van der Waals surface area contributed by atoms with Crippen LogP contribution < -0.4 is 0 Å². The molecule has 0 spiro atoms. The van der Waals surface area contributed by atoms with Gasteiger partial charge in [0.15, 0.2) is 0 Å². The number of para-hydroxylation sites is 1. The lowest BCUT2D eigenvalue weighted by Crippen LogP contribution is -1.85. The highest BCUT2D eigenvalue weighted by Gasteiger charge is 2.07. The summed E-state index contributed by atoms with van der Waals surface area (Å²) in [6.07, 6.45) is 0. The molecule has 0 bridgehead atoms. The minimum absolute atomic E-state index is 0.576. The summed E-state index contributed by atoms with van der Waals surface area (Å²) in [7, 11) is 0. The van der Waals surface area contributed by atoms with E-state index in [1.165, 1.54) is 32.9 Å². The van der Waals surface area contributed by atoms with Gasteiger partial charge in [0.05, 0.1) is 0 Å². The van der Waals surface area contributed by atoms with Gasteiger partial charge in [-0.1, -0.05) is 44.2 Å². The van der Waals surface area contributed by atoms with Gasteiger partial charge in [-0.15, -0.1) is 0 Å². The van der Waals surface area contributed by atoms with Crippen molar-refractivity contribution in [3.63, 3.8) is 0 Å². The molecule has 0 saturated heterocycles. The first kappa shape index (κ1) is 10.4. The second kappa shape index (κ2) is 3.63. The summed E-state index contributed by atoms with van der Waals surface area (Å²) in [6.45, 7) is 6.62. The normalized spacial score (nSPS) is 11.8. The van der Waals surface area contributed by atoms with Crippen LogP contribution in [0.1, 0.15) is 30.9 Å². The fourth-order valence-electron chi connectivity index (χ4n) is 2.45. The Morgan fingerprint density at radius 3 is 2.59 bits per heavy atom. The Morgan fingerprint density at radius 2 is 1.82 bits per heavy atom. The third-order valence-electron chi connectivity index (χ3n) is 3.53. The molecule has 0 aliphatic rings. The number of aryl methyl sites for hydroxylation is 1. The van der Waals surface area contributed by atoms with Crippen molar-refractivity contribution >= 4 is 21.8 Å². The molecule has 1 heterocycles.